The van der Waals surface area contributed by atoms with Crippen LogP contribution in [0.25, 0.3) is 0 Å². The second-order valence-corrected chi connectivity index (χ2v) is 4.17. The largest absolute Gasteiger partial charge is 0.495 e. The number of nitriles is 1. The van der Waals surface area contributed by atoms with Crippen molar-refractivity contribution in [3.05, 3.63) is 23.8 Å². The van der Waals surface area contributed by atoms with Gasteiger partial charge in [-0.15, -0.1) is 0 Å². The zero-order valence-electron chi connectivity index (χ0n) is 10.2. The Balaban J connectivity index is 2.13. The van der Waals surface area contributed by atoms with E-state index >= 15 is 0 Å². The first-order chi connectivity index (χ1) is 8.74. The Labute approximate surface area is 106 Å². The summed E-state index contributed by atoms with van der Waals surface area (Å²) in [6.45, 7) is 0.878. The quantitative estimate of drug-likeness (QED) is 0.840. The number of rotatable bonds is 3. The zero-order chi connectivity index (χ0) is 13.0. The van der Waals surface area contributed by atoms with Crippen LogP contribution in [0.15, 0.2) is 18.2 Å². The first kappa shape index (κ1) is 12.4. The molecule has 18 heavy (non-hydrogen) atoms. The minimum atomic E-state index is -0.134. The molecule has 0 spiro atoms. The lowest BCUT2D eigenvalue weighted by Gasteiger charge is -2.13. The van der Waals surface area contributed by atoms with E-state index in [4.69, 9.17) is 10.00 Å². The van der Waals surface area contributed by atoms with Gasteiger partial charge in [0.2, 0.25) is 5.91 Å². The van der Waals surface area contributed by atoms with Gasteiger partial charge in [0.05, 0.1) is 30.5 Å². The topological polar surface area (TPSA) is 74.1 Å². The average Bonchev–Trinajstić information content (AvgIpc) is 2.93. The maximum absolute atomic E-state index is 11.9. The second-order valence-electron chi connectivity index (χ2n) is 4.17. The summed E-state index contributed by atoms with van der Waals surface area (Å²) in [7, 11) is 1.51. The van der Waals surface area contributed by atoms with Crippen LogP contribution in [-0.2, 0) is 4.79 Å². The molecular weight excluding hydrogens is 230 g/mol. The van der Waals surface area contributed by atoms with Gasteiger partial charge in [0.15, 0.2) is 0 Å². The van der Waals surface area contributed by atoms with Crippen molar-refractivity contribution in [2.75, 3.05) is 19.0 Å². The number of nitrogens with zero attached hydrogens (tertiary/aromatic N) is 1. The van der Waals surface area contributed by atoms with Crippen molar-refractivity contribution in [2.24, 2.45) is 0 Å². The first-order valence-electron chi connectivity index (χ1n) is 5.87. The number of hydrogen-bond acceptors (Lipinski definition) is 4. The van der Waals surface area contributed by atoms with Gasteiger partial charge in [-0.25, -0.2) is 0 Å². The fourth-order valence-corrected chi connectivity index (χ4v) is 1.99. The lowest BCUT2D eigenvalue weighted by Crippen LogP contribution is -2.35. The molecule has 1 amide bonds. The van der Waals surface area contributed by atoms with Gasteiger partial charge in [0, 0.05) is 6.07 Å². The van der Waals surface area contributed by atoms with Crippen molar-refractivity contribution in [3.8, 4) is 11.8 Å². The molecule has 0 aliphatic carbocycles. The number of nitrogens with one attached hydrogen (secondary N) is 2. The average molecular weight is 245 g/mol. The van der Waals surface area contributed by atoms with E-state index < -0.39 is 0 Å². The number of ether oxygens (including phenoxy) is 1. The Bertz CT molecular complexity index is 487. The fourth-order valence-electron chi connectivity index (χ4n) is 1.99. The molecule has 5 nitrogen and oxygen atoms in total. The summed E-state index contributed by atoms with van der Waals surface area (Å²) < 4.78 is 5.17. The Hall–Kier alpha value is -2.06. The number of anilines is 1. The number of hydrogen-bond donors (Lipinski definition) is 2. The summed E-state index contributed by atoms with van der Waals surface area (Å²) >= 11 is 0. The molecule has 0 unspecified atom stereocenters. The smallest absolute Gasteiger partial charge is 0.241 e. The van der Waals surface area contributed by atoms with Crippen LogP contribution in [0, 0.1) is 11.3 Å². The first-order valence-corrected chi connectivity index (χ1v) is 5.87. The molecule has 1 aliphatic rings. The molecule has 1 aliphatic heterocycles. The molecule has 1 saturated heterocycles. The monoisotopic (exact) mass is 245 g/mol. The van der Waals surface area contributed by atoms with Gasteiger partial charge >= 0.3 is 0 Å². The number of benzene rings is 1. The van der Waals surface area contributed by atoms with E-state index in [1.54, 1.807) is 18.2 Å². The highest BCUT2D eigenvalue weighted by Crippen LogP contribution is 2.25. The van der Waals surface area contributed by atoms with E-state index in [1.807, 2.05) is 6.07 Å². The SMILES string of the molecule is COc1cc(C#N)ccc1NC(=O)[C@H]1CCCN1. The molecule has 0 aromatic heterocycles. The van der Waals surface area contributed by atoms with Gasteiger partial charge in [-0.1, -0.05) is 0 Å². The van der Waals surface area contributed by atoms with Crippen molar-refractivity contribution in [3.63, 3.8) is 0 Å². The van der Waals surface area contributed by atoms with Crippen LogP contribution in [0.3, 0.4) is 0 Å². The summed E-state index contributed by atoms with van der Waals surface area (Å²) in [5.41, 5.74) is 1.10. The summed E-state index contributed by atoms with van der Waals surface area (Å²) in [5, 5.41) is 14.8. The lowest BCUT2D eigenvalue weighted by molar-refractivity contribution is -0.117. The molecule has 1 aromatic rings. The number of carbonyl (C=O) groups is 1. The third-order valence-electron chi connectivity index (χ3n) is 2.97. The molecule has 0 radical (unpaired) electrons. The summed E-state index contributed by atoms with van der Waals surface area (Å²) in [6.07, 6.45) is 1.87. The van der Waals surface area contributed by atoms with E-state index in [0.717, 1.165) is 19.4 Å². The van der Waals surface area contributed by atoms with Crippen molar-refractivity contribution in [2.45, 2.75) is 18.9 Å². The number of carbonyl (C=O) groups excluding carboxylic acids is 1. The normalized spacial score (nSPS) is 18.1. The molecule has 0 saturated carbocycles. The van der Waals surface area contributed by atoms with E-state index in [1.165, 1.54) is 7.11 Å². The molecule has 2 N–H and O–H groups in total. The van der Waals surface area contributed by atoms with Crippen molar-refractivity contribution in [1.82, 2.24) is 5.32 Å². The van der Waals surface area contributed by atoms with Gasteiger partial charge in [-0.05, 0) is 31.5 Å². The summed E-state index contributed by atoms with van der Waals surface area (Å²) in [6, 6.07) is 6.84. The third-order valence-corrected chi connectivity index (χ3v) is 2.97. The van der Waals surface area contributed by atoms with Crippen molar-refractivity contribution in [1.29, 1.82) is 5.26 Å². The van der Waals surface area contributed by atoms with Gasteiger partial charge < -0.3 is 15.4 Å². The highest BCUT2D eigenvalue weighted by Gasteiger charge is 2.22. The minimum absolute atomic E-state index is 0.0597. The van der Waals surface area contributed by atoms with Crippen LogP contribution in [0.5, 0.6) is 5.75 Å². The fraction of sp³-hybridized carbons (Fsp3) is 0.385. The zero-order valence-corrected chi connectivity index (χ0v) is 10.2. The van der Waals surface area contributed by atoms with E-state index in [-0.39, 0.29) is 11.9 Å². The van der Waals surface area contributed by atoms with Gasteiger partial charge in [-0.2, -0.15) is 5.26 Å². The van der Waals surface area contributed by atoms with Crippen LogP contribution in [0.2, 0.25) is 0 Å². The highest BCUT2D eigenvalue weighted by atomic mass is 16.5. The molecular formula is C13H15N3O2. The number of amides is 1. The van der Waals surface area contributed by atoms with Crippen molar-refractivity contribution < 1.29 is 9.53 Å². The van der Waals surface area contributed by atoms with E-state index in [2.05, 4.69) is 10.6 Å². The summed E-state index contributed by atoms with van der Waals surface area (Å²) in [5.74, 6) is 0.441. The molecule has 1 aromatic carbocycles. The third kappa shape index (κ3) is 2.60. The van der Waals surface area contributed by atoms with Crippen LogP contribution < -0.4 is 15.4 Å². The van der Waals surface area contributed by atoms with Gasteiger partial charge in [0.25, 0.3) is 0 Å². The van der Waals surface area contributed by atoms with E-state index in [0.29, 0.717) is 17.0 Å². The molecule has 1 fully saturated rings. The van der Waals surface area contributed by atoms with Crippen LogP contribution in [-0.4, -0.2) is 25.6 Å². The molecule has 1 heterocycles. The maximum atomic E-state index is 11.9. The Morgan fingerprint density at radius 2 is 2.44 bits per heavy atom. The van der Waals surface area contributed by atoms with Crippen LogP contribution >= 0.6 is 0 Å². The lowest BCUT2D eigenvalue weighted by atomic mass is 10.1. The van der Waals surface area contributed by atoms with Crippen LogP contribution in [0.1, 0.15) is 18.4 Å². The minimum Gasteiger partial charge on any atom is -0.495 e. The molecule has 1 atom stereocenters. The number of methoxy groups -OCH3 is 1. The predicted octanol–water partition coefficient (Wildman–Crippen LogP) is 1.26. The second kappa shape index (κ2) is 5.52. The molecule has 5 heteroatoms. The highest BCUT2D eigenvalue weighted by molar-refractivity contribution is 5.96. The molecule has 0 bridgehead atoms. The molecule has 94 valence electrons. The Morgan fingerprint density at radius 1 is 1.61 bits per heavy atom. The summed E-state index contributed by atoms with van der Waals surface area (Å²) in [4.78, 5) is 11.9. The van der Waals surface area contributed by atoms with E-state index in [9.17, 15) is 4.79 Å². The van der Waals surface area contributed by atoms with Crippen LogP contribution in [0.4, 0.5) is 5.69 Å². The Morgan fingerprint density at radius 3 is 3.06 bits per heavy atom. The standard InChI is InChI=1S/C13H15N3O2/c1-18-12-7-9(8-14)4-5-10(12)16-13(17)11-3-2-6-15-11/h4-5,7,11,15H,2-3,6H2,1H3,(H,16,17)/t11-/m1/s1. The predicted molar refractivity (Wildman–Crippen MR) is 67.4 cm³/mol. The van der Waals surface area contributed by atoms with Gasteiger partial charge in [-0.3, -0.25) is 4.79 Å². The Kier molecular flexibility index (Phi) is 3.80. The molecule has 2 rings (SSSR count). The van der Waals surface area contributed by atoms with Gasteiger partial charge in [0.1, 0.15) is 5.75 Å². The van der Waals surface area contributed by atoms with Crippen molar-refractivity contribution >= 4 is 11.6 Å². The maximum Gasteiger partial charge on any atom is 0.241 e.